The highest BCUT2D eigenvalue weighted by atomic mass is 32.1. The molecular formula is C11H14O3S. The van der Waals surface area contributed by atoms with Crippen molar-refractivity contribution >= 4 is 17.3 Å². The van der Waals surface area contributed by atoms with Crippen LogP contribution in [0.1, 0.15) is 24.6 Å². The molecule has 0 spiro atoms. The Morgan fingerprint density at radius 2 is 2.47 bits per heavy atom. The number of hydrogen-bond donors (Lipinski definition) is 1. The molecule has 1 aromatic rings. The molecule has 82 valence electrons. The van der Waals surface area contributed by atoms with Gasteiger partial charge in [-0.2, -0.15) is 0 Å². The van der Waals surface area contributed by atoms with E-state index < -0.39 is 11.6 Å². The van der Waals surface area contributed by atoms with E-state index in [0.29, 0.717) is 6.61 Å². The van der Waals surface area contributed by atoms with E-state index in [9.17, 15) is 4.79 Å². The van der Waals surface area contributed by atoms with E-state index in [0.717, 1.165) is 17.7 Å². The highest BCUT2D eigenvalue weighted by Crippen LogP contribution is 2.42. The van der Waals surface area contributed by atoms with Crippen molar-refractivity contribution in [1.82, 2.24) is 0 Å². The number of rotatable bonds is 5. The van der Waals surface area contributed by atoms with Crippen molar-refractivity contribution in [3.63, 3.8) is 0 Å². The summed E-state index contributed by atoms with van der Waals surface area (Å²) in [7, 11) is 0. The first-order chi connectivity index (χ1) is 7.13. The van der Waals surface area contributed by atoms with Gasteiger partial charge in [0.15, 0.2) is 5.60 Å². The molecule has 0 amide bonds. The number of thiophene rings is 1. The Balaban J connectivity index is 1.98. The Hall–Kier alpha value is -0.870. The standard InChI is InChI=1S/C11H14O3S/c1-11(10(12)13,8-4-5-8)14-7-9-3-2-6-15-9/h2-3,6,8H,4-5,7H2,1H3,(H,12,13). The van der Waals surface area contributed by atoms with Gasteiger partial charge in [0.25, 0.3) is 0 Å². The number of carboxylic acids is 1. The third kappa shape index (κ3) is 2.21. The van der Waals surface area contributed by atoms with Gasteiger partial charge in [0.1, 0.15) is 0 Å². The largest absolute Gasteiger partial charge is 0.479 e. The molecule has 0 aromatic carbocycles. The molecular weight excluding hydrogens is 212 g/mol. The predicted octanol–water partition coefficient (Wildman–Crippen LogP) is 2.52. The van der Waals surface area contributed by atoms with Crippen LogP contribution in [0.15, 0.2) is 17.5 Å². The lowest BCUT2D eigenvalue weighted by atomic mass is 10.0. The molecule has 1 N–H and O–H groups in total. The van der Waals surface area contributed by atoms with E-state index in [1.807, 2.05) is 17.5 Å². The molecule has 1 aliphatic carbocycles. The zero-order valence-electron chi connectivity index (χ0n) is 8.60. The van der Waals surface area contributed by atoms with Gasteiger partial charge in [-0.25, -0.2) is 4.79 Å². The summed E-state index contributed by atoms with van der Waals surface area (Å²) in [4.78, 5) is 12.2. The molecule has 0 aliphatic heterocycles. The van der Waals surface area contributed by atoms with Gasteiger partial charge in [0.05, 0.1) is 6.61 Å². The lowest BCUT2D eigenvalue weighted by Crippen LogP contribution is -2.40. The molecule has 15 heavy (non-hydrogen) atoms. The molecule has 0 radical (unpaired) electrons. The number of aliphatic carboxylic acids is 1. The smallest absolute Gasteiger partial charge is 0.335 e. The van der Waals surface area contributed by atoms with Gasteiger partial charge in [-0.3, -0.25) is 0 Å². The third-order valence-corrected chi connectivity index (χ3v) is 3.73. The summed E-state index contributed by atoms with van der Waals surface area (Å²) in [5.74, 6) is -0.656. The monoisotopic (exact) mass is 226 g/mol. The third-order valence-electron chi connectivity index (χ3n) is 2.88. The van der Waals surface area contributed by atoms with Crippen LogP contribution in [-0.4, -0.2) is 16.7 Å². The van der Waals surface area contributed by atoms with Crippen LogP contribution >= 0.6 is 11.3 Å². The Bertz CT molecular complexity index is 343. The minimum absolute atomic E-state index is 0.190. The molecule has 1 aliphatic rings. The number of ether oxygens (including phenoxy) is 1. The summed E-state index contributed by atoms with van der Waals surface area (Å²) in [6.45, 7) is 2.08. The van der Waals surface area contributed by atoms with Gasteiger partial charge in [0.2, 0.25) is 0 Å². The zero-order valence-corrected chi connectivity index (χ0v) is 9.42. The topological polar surface area (TPSA) is 46.5 Å². The SMILES string of the molecule is CC(OCc1cccs1)(C(=O)O)C1CC1. The van der Waals surface area contributed by atoms with Crippen molar-refractivity contribution in [3.8, 4) is 0 Å². The summed E-state index contributed by atoms with van der Waals surface area (Å²) < 4.78 is 5.57. The highest BCUT2D eigenvalue weighted by Gasteiger charge is 2.48. The maximum Gasteiger partial charge on any atom is 0.335 e. The van der Waals surface area contributed by atoms with Gasteiger partial charge >= 0.3 is 5.97 Å². The molecule has 1 aromatic heterocycles. The quantitative estimate of drug-likeness (QED) is 0.839. The first-order valence-electron chi connectivity index (χ1n) is 5.02. The van der Waals surface area contributed by atoms with E-state index >= 15 is 0 Å². The average Bonchev–Trinajstić information content (AvgIpc) is 2.93. The lowest BCUT2D eigenvalue weighted by Gasteiger charge is -2.24. The minimum atomic E-state index is -0.996. The zero-order chi connectivity index (χ0) is 10.9. The second-order valence-electron chi connectivity index (χ2n) is 4.05. The van der Waals surface area contributed by atoms with Crippen molar-refractivity contribution in [3.05, 3.63) is 22.4 Å². The van der Waals surface area contributed by atoms with Crippen molar-refractivity contribution in [2.45, 2.75) is 32.0 Å². The van der Waals surface area contributed by atoms with Crippen molar-refractivity contribution in [2.75, 3.05) is 0 Å². The fraction of sp³-hybridized carbons (Fsp3) is 0.545. The van der Waals surface area contributed by atoms with Crippen LogP contribution in [0.3, 0.4) is 0 Å². The molecule has 1 heterocycles. The predicted molar refractivity (Wildman–Crippen MR) is 57.9 cm³/mol. The van der Waals surface area contributed by atoms with Crippen LogP contribution in [0.4, 0.5) is 0 Å². The number of carboxylic acid groups (broad SMARTS) is 1. The fourth-order valence-corrected chi connectivity index (χ4v) is 2.22. The molecule has 1 saturated carbocycles. The first-order valence-corrected chi connectivity index (χ1v) is 5.90. The molecule has 4 heteroatoms. The minimum Gasteiger partial charge on any atom is -0.479 e. The molecule has 0 bridgehead atoms. The summed E-state index contributed by atoms with van der Waals surface area (Å²) in [5.41, 5.74) is -0.996. The van der Waals surface area contributed by atoms with Crippen molar-refractivity contribution < 1.29 is 14.6 Å². The number of carbonyl (C=O) groups is 1. The van der Waals surface area contributed by atoms with Crippen LogP contribution in [0, 0.1) is 5.92 Å². The van der Waals surface area contributed by atoms with E-state index in [2.05, 4.69) is 0 Å². The van der Waals surface area contributed by atoms with Crippen LogP contribution < -0.4 is 0 Å². The second-order valence-corrected chi connectivity index (χ2v) is 5.09. The fourth-order valence-electron chi connectivity index (χ4n) is 1.60. The van der Waals surface area contributed by atoms with Crippen LogP contribution in [0.25, 0.3) is 0 Å². The first kappa shape index (κ1) is 10.6. The molecule has 2 rings (SSSR count). The van der Waals surface area contributed by atoms with E-state index in [1.54, 1.807) is 18.3 Å². The molecule has 1 fully saturated rings. The van der Waals surface area contributed by atoms with Crippen LogP contribution in [0.2, 0.25) is 0 Å². The molecule has 0 saturated heterocycles. The van der Waals surface area contributed by atoms with Gasteiger partial charge in [0, 0.05) is 4.88 Å². The maximum atomic E-state index is 11.1. The van der Waals surface area contributed by atoms with Crippen molar-refractivity contribution in [1.29, 1.82) is 0 Å². The Kier molecular flexibility index (Phi) is 2.80. The average molecular weight is 226 g/mol. The highest BCUT2D eigenvalue weighted by molar-refractivity contribution is 7.09. The van der Waals surface area contributed by atoms with Gasteiger partial charge in [-0.15, -0.1) is 11.3 Å². The normalized spacial score (nSPS) is 19.8. The lowest BCUT2D eigenvalue weighted by molar-refractivity contribution is -0.168. The van der Waals surface area contributed by atoms with Gasteiger partial charge in [-0.1, -0.05) is 6.07 Å². The molecule has 1 atom stereocenters. The van der Waals surface area contributed by atoms with E-state index in [4.69, 9.17) is 9.84 Å². The maximum absolute atomic E-state index is 11.1. The Morgan fingerprint density at radius 1 is 1.73 bits per heavy atom. The second kappa shape index (κ2) is 3.94. The van der Waals surface area contributed by atoms with Gasteiger partial charge < -0.3 is 9.84 Å². The summed E-state index contributed by atoms with van der Waals surface area (Å²) in [6.07, 6.45) is 1.93. The molecule has 3 nitrogen and oxygen atoms in total. The van der Waals surface area contributed by atoms with Crippen LogP contribution in [-0.2, 0) is 16.1 Å². The summed E-state index contributed by atoms with van der Waals surface area (Å²) >= 11 is 1.59. The molecule has 1 unspecified atom stereocenters. The summed E-state index contributed by atoms with van der Waals surface area (Å²) in [6, 6.07) is 3.90. The van der Waals surface area contributed by atoms with E-state index in [-0.39, 0.29) is 5.92 Å². The van der Waals surface area contributed by atoms with Gasteiger partial charge in [-0.05, 0) is 37.1 Å². The van der Waals surface area contributed by atoms with Crippen molar-refractivity contribution in [2.24, 2.45) is 5.92 Å². The van der Waals surface area contributed by atoms with E-state index in [1.165, 1.54) is 0 Å². The number of hydrogen-bond acceptors (Lipinski definition) is 3. The Morgan fingerprint density at radius 3 is 2.93 bits per heavy atom. The Labute approximate surface area is 92.7 Å². The summed E-state index contributed by atoms with van der Waals surface area (Å²) in [5, 5.41) is 11.1. The van der Waals surface area contributed by atoms with Crippen LogP contribution in [0.5, 0.6) is 0 Å².